The van der Waals surface area contributed by atoms with Crippen LogP contribution in [0.5, 0.6) is 0 Å². The highest BCUT2D eigenvalue weighted by molar-refractivity contribution is 9.10. The molecule has 0 amide bonds. The summed E-state index contributed by atoms with van der Waals surface area (Å²) in [7, 11) is 0. The summed E-state index contributed by atoms with van der Waals surface area (Å²) < 4.78 is 6.98. The average molecular weight is 347 g/mol. The number of nitrogens with two attached hydrogens (primary N) is 1. The number of morpholine rings is 1. The lowest BCUT2D eigenvalue weighted by Gasteiger charge is -2.41. The van der Waals surface area contributed by atoms with E-state index in [0.717, 1.165) is 24.0 Å². The number of hydrogen-bond acceptors (Lipinski definition) is 4. The number of rotatable bonds is 4. The Morgan fingerprint density at radius 3 is 2.58 bits per heavy atom. The number of ether oxygens (including phenoxy) is 1. The van der Waals surface area contributed by atoms with Gasteiger partial charge in [0, 0.05) is 33.9 Å². The normalized spacial score (nSPS) is 28.3. The Labute approximate surface area is 128 Å². The molecule has 0 aliphatic carbocycles. The van der Waals surface area contributed by atoms with Gasteiger partial charge in [0.2, 0.25) is 0 Å². The maximum absolute atomic E-state index is 6.39. The second-order valence-corrected chi connectivity index (χ2v) is 7.25. The van der Waals surface area contributed by atoms with Crippen LogP contribution in [0.1, 0.15) is 38.1 Å². The summed E-state index contributed by atoms with van der Waals surface area (Å²) in [6.45, 7) is 8.35. The summed E-state index contributed by atoms with van der Waals surface area (Å²) in [5.74, 6) is 0. The summed E-state index contributed by atoms with van der Waals surface area (Å²) in [6.07, 6.45) is 1.54. The second-order valence-electron chi connectivity index (χ2n) is 5.40. The van der Waals surface area contributed by atoms with Gasteiger partial charge >= 0.3 is 0 Å². The highest BCUT2D eigenvalue weighted by Crippen LogP contribution is 2.33. The van der Waals surface area contributed by atoms with Crippen molar-refractivity contribution in [3.8, 4) is 0 Å². The number of halogens is 1. The van der Waals surface area contributed by atoms with E-state index in [-0.39, 0.29) is 18.2 Å². The fourth-order valence-corrected chi connectivity index (χ4v) is 4.47. The molecule has 1 aliphatic rings. The fourth-order valence-electron chi connectivity index (χ4n) is 2.81. The average Bonchev–Trinajstić information content (AvgIpc) is 2.74. The van der Waals surface area contributed by atoms with Crippen LogP contribution >= 0.6 is 27.3 Å². The first-order valence-electron chi connectivity index (χ1n) is 6.90. The van der Waals surface area contributed by atoms with Crippen LogP contribution in [-0.4, -0.2) is 36.2 Å². The molecule has 1 saturated heterocycles. The summed E-state index contributed by atoms with van der Waals surface area (Å²) in [6, 6.07) is 2.67. The summed E-state index contributed by atoms with van der Waals surface area (Å²) >= 11 is 5.33. The lowest BCUT2D eigenvalue weighted by Crippen LogP contribution is -2.51. The third-order valence-electron chi connectivity index (χ3n) is 3.60. The Morgan fingerprint density at radius 2 is 2.11 bits per heavy atom. The van der Waals surface area contributed by atoms with Gasteiger partial charge < -0.3 is 10.5 Å². The van der Waals surface area contributed by atoms with Crippen LogP contribution in [0.15, 0.2) is 15.9 Å². The predicted molar refractivity (Wildman–Crippen MR) is 84.6 cm³/mol. The maximum Gasteiger partial charge on any atom is 0.0678 e. The van der Waals surface area contributed by atoms with Gasteiger partial charge in [-0.05, 0) is 42.3 Å². The number of hydrogen-bond donors (Lipinski definition) is 1. The van der Waals surface area contributed by atoms with Gasteiger partial charge in [0.15, 0.2) is 0 Å². The van der Waals surface area contributed by atoms with Crippen molar-refractivity contribution < 1.29 is 4.74 Å². The van der Waals surface area contributed by atoms with Crippen molar-refractivity contribution in [1.29, 1.82) is 0 Å². The van der Waals surface area contributed by atoms with Gasteiger partial charge in [-0.1, -0.05) is 6.92 Å². The Bertz CT molecular complexity index is 402. The van der Waals surface area contributed by atoms with Gasteiger partial charge in [0.25, 0.3) is 0 Å². The zero-order chi connectivity index (χ0) is 14.0. The van der Waals surface area contributed by atoms with E-state index < -0.39 is 0 Å². The van der Waals surface area contributed by atoms with Crippen molar-refractivity contribution in [3.05, 3.63) is 20.8 Å². The van der Waals surface area contributed by atoms with Crippen LogP contribution in [0.4, 0.5) is 0 Å². The molecule has 0 bridgehead atoms. The minimum atomic E-state index is 0.169. The third-order valence-corrected chi connectivity index (χ3v) is 5.36. The van der Waals surface area contributed by atoms with Gasteiger partial charge in [0.1, 0.15) is 0 Å². The van der Waals surface area contributed by atoms with E-state index in [1.807, 2.05) is 0 Å². The Balaban J connectivity index is 2.22. The minimum absolute atomic E-state index is 0.169. The fraction of sp³-hybridized carbons (Fsp3) is 0.714. The van der Waals surface area contributed by atoms with E-state index in [1.165, 1.54) is 4.88 Å². The number of thiophene rings is 1. The topological polar surface area (TPSA) is 38.5 Å². The van der Waals surface area contributed by atoms with Crippen molar-refractivity contribution in [1.82, 2.24) is 4.90 Å². The molecule has 19 heavy (non-hydrogen) atoms. The number of nitrogens with zero attached hydrogens (tertiary/aromatic N) is 1. The van der Waals surface area contributed by atoms with Gasteiger partial charge in [-0.3, -0.25) is 4.90 Å². The molecule has 1 aromatic heterocycles. The molecule has 0 aromatic carbocycles. The minimum Gasteiger partial charge on any atom is -0.373 e. The highest BCUT2D eigenvalue weighted by Gasteiger charge is 2.32. The van der Waals surface area contributed by atoms with E-state index in [2.05, 4.69) is 53.0 Å². The first kappa shape index (κ1) is 15.4. The molecule has 2 rings (SSSR count). The smallest absolute Gasteiger partial charge is 0.0678 e. The molecular weight excluding hydrogens is 324 g/mol. The molecule has 2 N–H and O–H groups in total. The van der Waals surface area contributed by atoms with Crippen LogP contribution in [0.3, 0.4) is 0 Å². The first-order valence-corrected chi connectivity index (χ1v) is 8.57. The summed E-state index contributed by atoms with van der Waals surface area (Å²) in [5.41, 5.74) is 6.39. The lowest BCUT2D eigenvalue weighted by atomic mass is 10.0. The molecule has 0 saturated carbocycles. The molecule has 4 atom stereocenters. The van der Waals surface area contributed by atoms with Crippen LogP contribution in [0.25, 0.3) is 0 Å². The molecule has 0 radical (unpaired) electrons. The molecule has 1 fully saturated rings. The maximum atomic E-state index is 6.39. The Hall–Kier alpha value is 0.0600. The van der Waals surface area contributed by atoms with E-state index in [4.69, 9.17) is 10.5 Å². The van der Waals surface area contributed by atoms with Crippen LogP contribution in [0.2, 0.25) is 0 Å². The molecule has 2 heterocycles. The molecule has 1 aliphatic heterocycles. The predicted octanol–water partition coefficient (Wildman–Crippen LogP) is 3.40. The Morgan fingerprint density at radius 1 is 1.47 bits per heavy atom. The van der Waals surface area contributed by atoms with Crippen molar-refractivity contribution in [2.24, 2.45) is 5.73 Å². The molecule has 0 spiro atoms. The molecule has 108 valence electrons. The zero-order valence-electron chi connectivity index (χ0n) is 11.8. The molecule has 2 unspecified atom stereocenters. The van der Waals surface area contributed by atoms with Crippen LogP contribution in [-0.2, 0) is 4.74 Å². The van der Waals surface area contributed by atoms with Gasteiger partial charge in [0.05, 0.1) is 18.2 Å². The largest absolute Gasteiger partial charge is 0.373 e. The molecule has 5 heteroatoms. The molecule has 1 aromatic rings. The third kappa shape index (κ3) is 3.79. The van der Waals surface area contributed by atoms with Crippen molar-refractivity contribution >= 4 is 27.3 Å². The standard InChI is InChI=1S/C14H23BrN2OS/c1-4-12(16)14(13-5-11(15)8-19-13)17-6-9(2)18-10(3)7-17/h5,8-10,12,14H,4,6-7,16H2,1-3H3/t9-,10+,12?,14?. The quantitative estimate of drug-likeness (QED) is 0.907. The summed E-state index contributed by atoms with van der Waals surface area (Å²) in [5, 5.41) is 2.14. The zero-order valence-corrected chi connectivity index (χ0v) is 14.2. The van der Waals surface area contributed by atoms with E-state index in [1.54, 1.807) is 11.3 Å². The van der Waals surface area contributed by atoms with Crippen molar-refractivity contribution in [2.45, 2.75) is 51.5 Å². The summed E-state index contributed by atoms with van der Waals surface area (Å²) in [4.78, 5) is 3.84. The van der Waals surface area contributed by atoms with Crippen LogP contribution in [0, 0.1) is 0 Å². The second kappa shape index (κ2) is 6.68. The van der Waals surface area contributed by atoms with Crippen molar-refractivity contribution in [3.63, 3.8) is 0 Å². The monoisotopic (exact) mass is 346 g/mol. The van der Waals surface area contributed by atoms with Gasteiger partial charge in [-0.2, -0.15) is 0 Å². The van der Waals surface area contributed by atoms with Crippen LogP contribution < -0.4 is 5.73 Å². The van der Waals surface area contributed by atoms with Crippen molar-refractivity contribution in [2.75, 3.05) is 13.1 Å². The van der Waals surface area contributed by atoms with E-state index in [9.17, 15) is 0 Å². The van der Waals surface area contributed by atoms with E-state index >= 15 is 0 Å². The Kier molecular flexibility index (Phi) is 5.43. The first-order chi connectivity index (χ1) is 9.01. The molecular formula is C14H23BrN2OS. The molecule has 3 nitrogen and oxygen atoms in total. The van der Waals surface area contributed by atoms with Gasteiger partial charge in [-0.25, -0.2) is 0 Å². The highest BCUT2D eigenvalue weighted by atomic mass is 79.9. The van der Waals surface area contributed by atoms with E-state index in [0.29, 0.717) is 6.04 Å². The van der Waals surface area contributed by atoms with Gasteiger partial charge in [-0.15, -0.1) is 11.3 Å². The SMILES string of the molecule is CCC(N)C(c1cc(Br)cs1)N1C[C@@H](C)O[C@@H](C)C1. The lowest BCUT2D eigenvalue weighted by molar-refractivity contribution is -0.0834.